The highest BCUT2D eigenvalue weighted by Gasteiger charge is 2.36. The molecule has 2 heterocycles. The number of carbonyl (C=O) groups excluding carboxylic acids is 2. The SMILES string of the molecule is COc1ccccc1N1CC(C(=O)Nc2ccccc2N2CCCC2)CC1=O. The molecule has 6 heteroatoms. The van der Waals surface area contributed by atoms with Gasteiger partial charge in [0.1, 0.15) is 5.75 Å². The van der Waals surface area contributed by atoms with Gasteiger partial charge in [-0.15, -0.1) is 0 Å². The van der Waals surface area contributed by atoms with Gasteiger partial charge in [0.25, 0.3) is 0 Å². The third kappa shape index (κ3) is 3.54. The Labute approximate surface area is 165 Å². The lowest BCUT2D eigenvalue weighted by atomic mass is 10.1. The average Bonchev–Trinajstić information content (AvgIpc) is 3.38. The summed E-state index contributed by atoms with van der Waals surface area (Å²) in [5.41, 5.74) is 2.58. The van der Waals surface area contributed by atoms with Gasteiger partial charge in [0.05, 0.1) is 30.1 Å². The smallest absolute Gasteiger partial charge is 0.229 e. The van der Waals surface area contributed by atoms with Gasteiger partial charge in [-0.05, 0) is 37.1 Å². The molecule has 1 unspecified atom stereocenters. The van der Waals surface area contributed by atoms with Gasteiger partial charge >= 0.3 is 0 Å². The highest BCUT2D eigenvalue weighted by molar-refractivity contribution is 6.05. The standard InChI is InChI=1S/C22H25N3O3/c1-28-20-11-5-4-10-19(20)25-15-16(14-21(25)26)22(27)23-17-8-2-3-9-18(17)24-12-6-7-13-24/h2-5,8-11,16H,6-7,12-15H2,1H3,(H,23,27). The van der Waals surface area contributed by atoms with Crippen molar-refractivity contribution in [2.45, 2.75) is 19.3 Å². The van der Waals surface area contributed by atoms with Gasteiger partial charge in [0.2, 0.25) is 11.8 Å². The monoisotopic (exact) mass is 379 g/mol. The Morgan fingerprint density at radius 2 is 1.71 bits per heavy atom. The first-order chi connectivity index (χ1) is 13.7. The van der Waals surface area contributed by atoms with Crippen LogP contribution in [0.1, 0.15) is 19.3 Å². The number of methoxy groups -OCH3 is 1. The number of nitrogens with one attached hydrogen (secondary N) is 1. The number of amides is 2. The number of benzene rings is 2. The predicted octanol–water partition coefficient (Wildman–Crippen LogP) is 3.29. The summed E-state index contributed by atoms with van der Waals surface area (Å²) >= 11 is 0. The summed E-state index contributed by atoms with van der Waals surface area (Å²) in [4.78, 5) is 29.4. The third-order valence-corrected chi connectivity index (χ3v) is 5.48. The van der Waals surface area contributed by atoms with E-state index in [9.17, 15) is 9.59 Å². The van der Waals surface area contributed by atoms with E-state index in [1.807, 2.05) is 48.5 Å². The number of anilines is 3. The van der Waals surface area contributed by atoms with Crippen molar-refractivity contribution in [2.75, 3.05) is 41.9 Å². The van der Waals surface area contributed by atoms with Gasteiger partial charge in [-0.3, -0.25) is 9.59 Å². The second-order valence-corrected chi connectivity index (χ2v) is 7.28. The molecule has 2 aromatic rings. The zero-order valence-electron chi connectivity index (χ0n) is 16.1. The molecule has 2 aliphatic heterocycles. The van der Waals surface area contributed by atoms with Gasteiger partial charge in [-0.25, -0.2) is 0 Å². The minimum atomic E-state index is -0.385. The van der Waals surface area contributed by atoms with Gasteiger partial charge < -0.3 is 19.9 Å². The van der Waals surface area contributed by atoms with E-state index in [2.05, 4.69) is 10.2 Å². The molecule has 0 aliphatic carbocycles. The number of nitrogens with zero attached hydrogens (tertiary/aromatic N) is 2. The molecule has 0 bridgehead atoms. The third-order valence-electron chi connectivity index (χ3n) is 5.48. The van der Waals surface area contributed by atoms with Crippen LogP contribution in [0.25, 0.3) is 0 Å². The van der Waals surface area contributed by atoms with Crippen molar-refractivity contribution in [3.63, 3.8) is 0 Å². The molecule has 146 valence electrons. The molecule has 2 aliphatic rings. The first-order valence-electron chi connectivity index (χ1n) is 9.75. The summed E-state index contributed by atoms with van der Waals surface area (Å²) in [6.45, 7) is 2.38. The molecule has 1 atom stereocenters. The molecule has 2 aromatic carbocycles. The Bertz CT molecular complexity index is 877. The number of hydrogen-bond acceptors (Lipinski definition) is 4. The van der Waals surface area contributed by atoms with Crippen molar-refractivity contribution >= 4 is 28.9 Å². The lowest BCUT2D eigenvalue weighted by Crippen LogP contribution is -2.29. The highest BCUT2D eigenvalue weighted by Crippen LogP contribution is 2.34. The van der Waals surface area contributed by atoms with Crippen molar-refractivity contribution < 1.29 is 14.3 Å². The Balaban J connectivity index is 1.49. The normalized spacial score (nSPS) is 19.2. The molecule has 2 fully saturated rings. The van der Waals surface area contributed by atoms with Crippen LogP contribution in [0.4, 0.5) is 17.1 Å². The zero-order chi connectivity index (χ0) is 19.5. The van der Waals surface area contributed by atoms with Crippen LogP contribution in [-0.4, -0.2) is 38.6 Å². The minimum Gasteiger partial charge on any atom is -0.495 e. The van der Waals surface area contributed by atoms with Gasteiger partial charge in [-0.1, -0.05) is 24.3 Å². The molecule has 28 heavy (non-hydrogen) atoms. The maximum Gasteiger partial charge on any atom is 0.229 e. The van der Waals surface area contributed by atoms with E-state index >= 15 is 0 Å². The number of para-hydroxylation sites is 4. The van der Waals surface area contributed by atoms with Crippen LogP contribution in [0.15, 0.2) is 48.5 Å². The summed E-state index contributed by atoms with van der Waals surface area (Å²) < 4.78 is 5.37. The van der Waals surface area contributed by atoms with E-state index in [4.69, 9.17) is 4.74 Å². The lowest BCUT2D eigenvalue weighted by Gasteiger charge is -2.22. The maximum atomic E-state index is 12.9. The van der Waals surface area contributed by atoms with Crippen molar-refractivity contribution in [2.24, 2.45) is 5.92 Å². The van der Waals surface area contributed by atoms with Crippen LogP contribution in [-0.2, 0) is 9.59 Å². The van der Waals surface area contributed by atoms with Crippen LogP contribution in [0, 0.1) is 5.92 Å². The summed E-state index contributed by atoms with van der Waals surface area (Å²) in [7, 11) is 1.58. The molecule has 6 nitrogen and oxygen atoms in total. The molecule has 0 aromatic heterocycles. The molecule has 4 rings (SSSR count). The fourth-order valence-electron chi connectivity index (χ4n) is 4.02. The van der Waals surface area contributed by atoms with Crippen molar-refractivity contribution in [1.82, 2.24) is 0 Å². The van der Waals surface area contributed by atoms with E-state index < -0.39 is 0 Å². The second kappa shape index (κ2) is 7.92. The summed E-state index contributed by atoms with van der Waals surface area (Å²) in [5, 5.41) is 3.06. The van der Waals surface area contributed by atoms with E-state index in [0.29, 0.717) is 18.0 Å². The van der Waals surface area contributed by atoms with Crippen molar-refractivity contribution in [3.8, 4) is 5.75 Å². The number of carbonyl (C=O) groups is 2. The predicted molar refractivity (Wildman–Crippen MR) is 110 cm³/mol. The Kier molecular flexibility index (Phi) is 5.19. The molecule has 0 spiro atoms. The second-order valence-electron chi connectivity index (χ2n) is 7.28. The fraction of sp³-hybridized carbons (Fsp3) is 0.364. The Morgan fingerprint density at radius 1 is 1.04 bits per heavy atom. The molecule has 1 N–H and O–H groups in total. The zero-order valence-corrected chi connectivity index (χ0v) is 16.1. The van der Waals surface area contributed by atoms with Gasteiger partial charge in [0, 0.05) is 26.1 Å². The summed E-state index contributed by atoms with van der Waals surface area (Å²) in [6.07, 6.45) is 2.55. The van der Waals surface area contributed by atoms with E-state index in [-0.39, 0.29) is 24.2 Å². The molecule has 0 radical (unpaired) electrons. The van der Waals surface area contributed by atoms with Crippen LogP contribution in [0.5, 0.6) is 5.75 Å². The van der Waals surface area contributed by atoms with Gasteiger partial charge in [-0.2, -0.15) is 0 Å². The first kappa shape index (κ1) is 18.3. The molecule has 2 amide bonds. The number of rotatable bonds is 5. The fourth-order valence-corrected chi connectivity index (χ4v) is 4.02. The van der Waals surface area contributed by atoms with Crippen LogP contribution < -0.4 is 19.9 Å². The van der Waals surface area contributed by atoms with Crippen molar-refractivity contribution in [3.05, 3.63) is 48.5 Å². The van der Waals surface area contributed by atoms with Crippen LogP contribution >= 0.6 is 0 Å². The van der Waals surface area contributed by atoms with E-state index in [0.717, 1.165) is 24.5 Å². The van der Waals surface area contributed by atoms with Crippen LogP contribution in [0.3, 0.4) is 0 Å². The highest BCUT2D eigenvalue weighted by atomic mass is 16.5. The quantitative estimate of drug-likeness (QED) is 0.866. The molecular formula is C22H25N3O3. The lowest BCUT2D eigenvalue weighted by molar-refractivity contribution is -0.122. The maximum absolute atomic E-state index is 12.9. The summed E-state index contributed by atoms with van der Waals surface area (Å²) in [5.74, 6) is 0.0789. The van der Waals surface area contributed by atoms with E-state index in [1.54, 1.807) is 12.0 Å². The van der Waals surface area contributed by atoms with Crippen molar-refractivity contribution in [1.29, 1.82) is 0 Å². The average molecular weight is 379 g/mol. The number of hydrogen-bond donors (Lipinski definition) is 1. The molecule has 2 saturated heterocycles. The molecular weight excluding hydrogens is 354 g/mol. The Morgan fingerprint density at radius 3 is 2.46 bits per heavy atom. The minimum absolute atomic E-state index is 0.0579. The van der Waals surface area contributed by atoms with E-state index in [1.165, 1.54) is 12.8 Å². The molecule has 0 saturated carbocycles. The first-order valence-corrected chi connectivity index (χ1v) is 9.75. The largest absolute Gasteiger partial charge is 0.495 e. The summed E-state index contributed by atoms with van der Waals surface area (Å²) in [6, 6.07) is 15.3. The Hall–Kier alpha value is -3.02. The topological polar surface area (TPSA) is 61.9 Å². The van der Waals surface area contributed by atoms with Crippen LogP contribution in [0.2, 0.25) is 0 Å². The number of ether oxygens (including phenoxy) is 1. The van der Waals surface area contributed by atoms with Gasteiger partial charge in [0.15, 0.2) is 0 Å².